The van der Waals surface area contributed by atoms with Gasteiger partial charge in [-0.1, -0.05) is 104 Å². The number of rotatable bonds is 14. The summed E-state index contributed by atoms with van der Waals surface area (Å²) in [6.45, 7) is 2.73. The molecule has 0 saturated carbocycles. The van der Waals surface area contributed by atoms with Crippen molar-refractivity contribution in [2.45, 2.75) is 42.9 Å². The number of thioether (sulfide) groups is 1. The highest BCUT2D eigenvalue weighted by Crippen LogP contribution is 2.48. The second kappa shape index (κ2) is 16.4. The van der Waals surface area contributed by atoms with Crippen LogP contribution in [0.15, 0.2) is 134 Å². The van der Waals surface area contributed by atoms with Crippen LogP contribution < -0.4 is 4.57 Å². The Morgan fingerprint density at radius 1 is 0.887 bits per heavy atom. The Morgan fingerprint density at radius 2 is 1.49 bits per heavy atom. The summed E-state index contributed by atoms with van der Waals surface area (Å²) in [5.41, 5.74) is 0.643. The Balaban J connectivity index is 1.14. The fourth-order valence-electron chi connectivity index (χ4n) is 6.34. The molecule has 0 aliphatic carbocycles. The van der Waals surface area contributed by atoms with Gasteiger partial charge in [0.05, 0.1) is 16.6 Å². The SMILES string of the molecule is CC(OC(=O)OCCSC(c1ccccc1)(c1ccccc1)c1ccccc1)[n+]1cnn(C[C@](O)(c2ccc(F)cc2F)[C@@H](C)c2ncncc2F)c1. The maximum atomic E-state index is 15.1. The maximum Gasteiger partial charge on any atom is 0.511 e. The van der Waals surface area contributed by atoms with Crippen molar-refractivity contribution in [1.82, 2.24) is 19.7 Å². The average Bonchev–Trinajstić information content (AvgIpc) is 3.64. The molecule has 13 heteroatoms. The number of aliphatic hydroxyl groups is 1. The zero-order valence-corrected chi connectivity index (χ0v) is 29.7. The van der Waals surface area contributed by atoms with Crippen molar-refractivity contribution >= 4 is 17.9 Å². The zero-order valence-electron chi connectivity index (χ0n) is 28.9. The van der Waals surface area contributed by atoms with Crippen molar-refractivity contribution in [2.75, 3.05) is 12.4 Å². The number of aromatic nitrogens is 5. The molecule has 6 aromatic rings. The van der Waals surface area contributed by atoms with Gasteiger partial charge in [0.1, 0.15) is 36.7 Å². The van der Waals surface area contributed by atoms with Crippen LogP contribution in [0.2, 0.25) is 0 Å². The minimum absolute atomic E-state index is 0.0577. The third-order valence-electron chi connectivity index (χ3n) is 9.07. The Morgan fingerprint density at radius 3 is 2.06 bits per heavy atom. The van der Waals surface area contributed by atoms with Gasteiger partial charge in [0.15, 0.2) is 5.82 Å². The number of ether oxygens (including phenoxy) is 2. The molecule has 0 aliphatic rings. The predicted molar refractivity (Wildman–Crippen MR) is 192 cm³/mol. The molecule has 1 unspecified atom stereocenters. The molecule has 0 radical (unpaired) electrons. The molecule has 0 spiro atoms. The lowest BCUT2D eigenvalue weighted by molar-refractivity contribution is -0.754. The molecule has 0 fully saturated rings. The molecule has 0 saturated heterocycles. The van der Waals surface area contributed by atoms with Gasteiger partial charge < -0.3 is 14.6 Å². The molecular weight excluding hydrogens is 704 g/mol. The van der Waals surface area contributed by atoms with E-state index in [0.717, 1.165) is 41.3 Å². The third kappa shape index (κ3) is 8.11. The van der Waals surface area contributed by atoms with Crippen LogP contribution >= 0.6 is 11.8 Å². The summed E-state index contributed by atoms with van der Waals surface area (Å²) in [5.74, 6) is -3.36. The third-order valence-corrected chi connectivity index (χ3v) is 10.6. The number of hydrogen-bond donors (Lipinski definition) is 1. The lowest BCUT2D eigenvalue weighted by Crippen LogP contribution is -2.41. The van der Waals surface area contributed by atoms with Crippen molar-refractivity contribution in [1.29, 1.82) is 0 Å². The fraction of sp³-hybridized carbons (Fsp3) is 0.225. The van der Waals surface area contributed by atoms with Crippen LogP contribution in [0.25, 0.3) is 0 Å². The average molecular weight is 741 g/mol. The van der Waals surface area contributed by atoms with Crippen molar-refractivity contribution in [2.24, 2.45) is 0 Å². The second-order valence-corrected chi connectivity index (χ2v) is 13.7. The predicted octanol–water partition coefficient (Wildman–Crippen LogP) is 7.47. The summed E-state index contributed by atoms with van der Waals surface area (Å²) in [7, 11) is 0. The highest BCUT2D eigenvalue weighted by atomic mass is 32.2. The fourth-order valence-corrected chi connectivity index (χ4v) is 7.72. The second-order valence-electron chi connectivity index (χ2n) is 12.4. The van der Waals surface area contributed by atoms with E-state index in [1.54, 1.807) is 18.7 Å². The standard InChI is InChI=1S/C40H37F3N5O4S/c1-28(37-36(43)23-44-25-45-37)39(50,34-19-18-33(41)22-35(34)42)24-48-27-47(26-46-48)29(2)52-38(49)51-20-21-53-40(30-12-6-3-7-13-30,31-14-8-4-9-15-31)32-16-10-5-11-17-32/h3-19,22-23,25-29,50H,20-21,24H2,1-2H3/q+1/t28-,29?,39+/m0/s1. The molecular formula is C40H37F3N5O4S+. The van der Waals surface area contributed by atoms with E-state index in [9.17, 15) is 18.7 Å². The number of halogens is 3. The molecule has 3 atom stereocenters. The van der Waals surface area contributed by atoms with Crippen molar-refractivity contribution < 1.29 is 37.1 Å². The first-order valence-electron chi connectivity index (χ1n) is 16.8. The number of benzene rings is 4. The largest absolute Gasteiger partial charge is 0.511 e. The molecule has 2 heterocycles. The first kappa shape index (κ1) is 37.2. The first-order chi connectivity index (χ1) is 25.6. The Bertz CT molecular complexity index is 2030. The van der Waals surface area contributed by atoms with E-state index in [0.29, 0.717) is 11.8 Å². The monoisotopic (exact) mass is 740 g/mol. The number of hydrogen-bond acceptors (Lipinski definition) is 8. The van der Waals surface area contributed by atoms with E-state index in [2.05, 4.69) is 51.5 Å². The summed E-state index contributed by atoms with van der Waals surface area (Å²) < 4.78 is 56.9. The summed E-state index contributed by atoms with van der Waals surface area (Å²) >= 11 is 1.64. The van der Waals surface area contributed by atoms with E-state index in [1.165, 1.54) is 28.8 Å². The molecule has 0 bridgehead atoms. The summed E-state index contributed by atoms with van der Waals surface area (Å²) in [6.07, 6.45) is 3.03. The van der Waals surface area contributed by atoms with E-state index >= 15 is 4.39 Å². The Hall–Kier alpha value is -5.53. The minimum Gasteiger partial charge on any atom is -0.433 e. The lowest BCUT2D eigenvalue weighted by atomic mass is 9.79. The van der Waals surface area contributed by atoms with Crippen LogP contribution in [0, 0.1) is 17.5 Å². The molecule has 0 aliphatic heterocycles. The molecule has 6 rings (SSSR count). The topological polar surface area (TPSA) is 103 Å². The van der Waals surface area contributed by atoms with Crippen LogP contribution in [0.1, 0.15) is 53.9 Å². The molecule has 0 amide bonds. The molecule has 9 nitrogen and oxygen atoms in total. The summed E-state index contributed by atoms with van der Waals surface area (Å²) in [4.78, 5) is 20.5. The smallest absolute Gasteiger partial charge is 0.433 e. The quantitative estimate of drug-likeness (QED) is 0.0532. The van der Waals surface area contributed by atoms with Gasteiger partial charge in [0.2, 0.25) is 12.6 Å². The summed E-state index contributed by atoms with van der Waals surface area (Å²) in [5, 5.41) is 16.2. The van der Waals surface area contributed by atoms with Crippen LogP contribution in [-0.4, -0.2) is 43.4 Å². The molecule has 272 valence electrons. The van der Waals surface area contributed by atoms with E-state index in [1.807, 2.05) is 54.6 Å². The van der Waals surface area contributed by atoms with E-state index in [-0.39, 0.29) is 17.9 Å². The highest BCUT2D eigenvalue weighted by Gasteiger charge is 2.44. The number of carbonyl (C=O) groups is 1. The normalized spacial score (nSPS) is 13.8. The van der Waals surface area contributed by atoms with E-state index in [4.69, 9.17) is 9.47 Å². The van der Waals surface area contributed by atoms with Gasteiger partial charge in [0.25, 0.3) is 6.33 Å². The van der Waals surface area contributed by atoms with Crippen molar-refractivity contribution in [3.63, 3.8) is 0 Å². The van der Waals surface area contributed by atoms with Crippen LogP contribution in [0.4, 0.5) is 18.0 Å². The zero-order chi connectivity index (χ0) is 37.4. The van der Waals surface area contributed by atoms with Gasteiger partial charge >= 0.3 is 6.16 Å². The van der Waals surface area contributed by atoms with Gasteiger partial charge in [-0.25, -0.2) is 27.9 Å². The minimum atomic E-state index is -2.15. The highest BCUT2D eigenvalue weighted by molar-refractivity contribution is 8.00. The van der Waals surface area contributed by atoms with Crippen LogP contribution in [-0.2, 0) is 26.4 Å². The Kier molecular flexibility index (Phi) is 11.5. The van der Waals surface area contributed by atoms with Crippen LogP contribution in [0.3, 0.4) is 0 Å². The lowest BCUT2D eigenvalue weighted by Gasteiger charge is -2.35. The first-order valence-corrected chi connectivity index (χ1v) is 17.8. The molecule has 53 heavy (non-hydrogen) atoms. The van der Waals surface area contributed by atoms with Crippen molar-refractivity contribution in [3.05, 3.63) is 180 Å². The molecule has 2 aromatic heterocycles. The van der Waals surface area contributed by atoms with Crippen LogP contribution in [0.5, 0.6) is 0 Å². The number of nitrogens with zero attached hydrogens (tertiary/aromatic N) is 5. The van der Waals surface area contributed by atoms with Gasteiger partial charge in [-0.05, 0) is 22.8 Å². The van der Waals surface area contributed by atoms with Gasteiger partial charge in [0, 0.05) is 35.3 Å². The Labute approximate surface area is 309 Å². The van der Waals surface area contributed by atoms with Crippen molar-refractivity contribution in [3.8, 4) is 0 Å². The van der Waals surface area contributed by atoms with Gasteiger partial charge in [-0.2, -0.15) is 4.57 Å². The molecule has 4 aromatic carbocycles. The number of carbonyl (C=O) groups excluding carboxylic acids is 1. The van der Waals surface area contributed by atoms with Gasteiger partial charge in [-0.15, -0.1) is 16.4 Å². The maximum absolute atomic E-state index is 15.1. The molecule has 1 N–H and O–H groups in total. The van der Waals surface area contributed by atoms with Gasteiger partial charge in [-0.3, -0.25) is 0 Å². The van der Waals surface area contributed by atoms with E-state index < -0.39 is 52.6 Å². The summed E-state index contributed by atoms with van der Waals surface area (Å²) in [6, 6.07) is 33.2.